The van der Waals surface area contributed by atoms with Crippen molar-refractivity contribution >= 4 is 17.5 Å². The summed E-state index contributed by atoms with van der Waals surface area (Å²) >= 11 is 0. The Kier molecular flexibility index (Phi) is 7.77. The Balaban J connectivity index is 1.31. The quantitative estimate of drug-likeness (QED) is 0.493. The fraction of sp³-hybridized carbons (Fsp3) is 0.320. The Hall–Kier alpha value is -3.85. The normalized spacial score (nSPS) is 14.9. The van der Waals surface area contributed by atoms with Crippen LogP contribution in [0.1, 0.15) is 17.4 Å². The van der Waals surface area contributed by atoms with Crippen LogP contribution in [-0.4, -0.2) is 61.5 Å². The van der Waals surface area contributed by atoms with Gasteiger partial charge in [0.15, 0.2) is 0 Å². The maximum absolute atomic E-state index is 12.4. The summed E-state index contributed by atoms with van der Waals surface area (Å²) in [5, 5.41) is 5.40. The molecule has 2 aromatic heterocycles. The van der Waals surface area contributed by atoms with Crippen LogP contribution in [0.15, 0.2) is 71.6 Å². The Morgan fingerprint density at radius 1 is 1.00 bits per heavy atom. The molecule has 0 bridgehead atoms. The number of piperazine rings is 1. The largest absolute Gasteiger partial charge is 0.497 e. The summed E-state index contributed by atoms with van der Waals surface area (Å²) in [5.41, 5.74) is 2.02. The number of benzene rings is 1. The number of nitrogens with zero attached hydrogens (tertiary/aromatic N) is 3. The van der Waals surface area contributed by atoms with E-state index in [2.05, 4.69) is 37.6 Å². The first-order chi connectivity index (χ1) is 16.6. The molecule has 1 aromatic carbocycles. The van der Waals surface area contributed by atoms with Gasteiger partial charge in [-0.2, -0.15) is 0 Å². The van der Waals surface area contributed by atoms with E-state index in [1.807, 2.05) is 24.3 Å². The highest BCUT2D eigenvalue weighted by Gasteiger charge is 2.28. The van der Waals surface area contributed by atoms with E-state index in [0.717, 1.165) is 48.9 Å². The number of hydrogen-bond acceptors (Lipinski definition) is 7. The lowest BCUT2D eigenvalue weighted by Gasteiger charge is -2.39. The monoisotopic (exact) mass is 463 g/mol. The van der Waals surface area contributed by atoms with Crippen molar-refractivity contribution in [2.24, 2.45) is 0 Å². The number of pyridine rings is 1. The van der Waals surface area contributed by atoms with Crippen LogP contribution in [0.5, 0.6) is 5.75 Å². The van der Waals surface area contributed by atoms with Crippen molar-refractivity contribution in [3.63, 3.8) is 0 Å². The van der Waals surface area contributed by atoms with E-state index in [0.29, 0.717) is 0 Å². The van der Waals surface area contributed by atoms with Gasteiger partial charge >= 0.3 is 11.8 Å². The van der Waals surface area contributed by atoms with Crippen molar-refractivity contribution in [2.45, 2.75) is 12.6 Å². The van der Waals surface area contributed by atoms with Crippen LogP contribution in [0.3, 0.4) is 0 Å². The van der Waals surface area contributed by atoms with Crippen LogP contribution in [0.2, 0.25) is 0 Å². The number of rotatable bonds is 8. The summed E-state index contributed by atoms with van der Waals surface area (Å²) < 4.78 is 10.9. The predicted molar refractivity (Wildman–Crippen MR) is 127 cm³/mol. The maximum Gasteiger partial charge on any atom is 0.309 e. The second-order valence-electron chi connectivity index (χ2n) is 8.00. The Morgan fingerprint density at radius 2 is 1.71 bits per heavy atom. The van der Waals surface area contributed by atoms with Gasteiger partial charge in [0.2, 0.25) is 0 Å². The third-order valence-corrected chi connectivity index (χ3v) is 5.93. The minimum atomic E-state index is -0.667. The lowest BCUT2D eigenvalue weighted by molar-refractivity contribution is -0.139. The van der Waals surface area contributed by atoms with Gasteiger partial charge in [-0.1, -0.05) is 0 Å². The number of carbonyl (C=O) groups is 2. The average Bonchev–Trinajstić information content (AvgIpc) is 3.43. The van der Waals surface area contributed by atoms with Gasteiger partial charge in [-0.05, 0) is 54.1 Å². The van der Waals surface area contributed by atoms with Gasteiger partial charge in [-0.25, -0.2) is 0 Å². The van der Waals surface area contributed by atoms with Crippen molar-refractivity contribution in [1.82, 2.24) is 20.5 Å². The van der Waals surface area contributed by atoms with Gasteiger partial charge < -0.3 is 24.7 Å². The smallest absolute Gasteiger partial charge is 0.309 e. The van der Waals surface area contributed by atoms with Crippen LogP contribution in [0.4, 0.5) is 5.69 Å². The van der Waals surface area contributed by atoms with E-state index >= 15 is 0 Å². The highest BCUT2D eigenvalue weighted by molar-refractivity contribution is 6.35. The zero-order valence-corrected chi connectivity index (χ0v) is 19.1. The number of carbonyl (C=O) groups excluding carboxylic acids is 2. The maximum atomic E-state index is 12.4. The molecule has 1 atom stereocenters. The molecule has 0 spiro atoms. The number of ether oxygens (including phenoxy) is 1. The number of nitrogens with one attached hydrogen (secondary N) is 2. The molecule has 1 fully saturated rings. The first-order valence-electron chi connectivity index (χ1n) is 11.3. The number of hydrogen-bond donors (Lipinski definition) is 2. The molecule has 3 aromatic rings. The van der Waals surface area contributed by atoms with Crippen molar-refractivity contribution < 1.29 is 18.7 Å². The molecule has 178 valence electrons. The van der Waals surface area contributed by atoms with Crippen LogP contribution >= 0.6 is 0 Å². The molecule has 0 unspecified atom stereocenters. The molecule has 0 aliphatic carbocycles. The van der Waals surface area contributed by atoms with Crippen LogP contribution in [0.25, 0.3) is 0 Å². The minimum absolute atomic E-state index is 0.162. The summed E-state index contributed by atoms with van der Waals surface area (Å²) in [4.78, 5) is 33.2. The second kappa shape index (κ2) is 11.3. The molecule has 2 N–H and O–H groups in total. The molecular weight excluding hydrogens is 434 g/mol. The third kappa shape index (κ3) is 5.93. The number of amides is 2. The molecule has 9 heteroatoms. The summed E-state index contributed by atoms with van der Waals surface area (Å²) in [6.45, 7) is 3.80. The summed E-state index contributed by atoms with van der Waals surface area (Å²) in [7, 11) is 1.66. The second-order valence-corrected chi connectivity index (χ2v) is 8.00. The van der Waals surface area contributed by atoms with Crippen LogP contribution in [-0.2, 0) is 16.1 Å². The fourth-order valence-corrected chi connectivity index (χ4v) is 4.01. The molecule has 2 amide bonds. The van der Waals surface area contributed by atoms with Gasteiger partial charge in [0, 0.05) is 57.3 Å². The van der Waals surface area contributed by atoms with Crippen molar-refractivity contribution in [3.8, 4) is 5.75 Å². The molecule has 1 aliphatic rings. The summed E-state index contributed by atoms with van der Waals surface area (Å²) in [6, 6.07) is 15.2. The van der Waals surface area contributed by atoms with E-state index in [1.54, 1.807) is 37.9 Å². The van der Waals surface area contributed by atoms with Gasteiger partial charge in [-0.3, -0.25) is 19.5 Å². The highest BCUT2D eigenvalue weighted by atomic mass is 16.5. The first kappa shape index (κ1) is 23.3. The Labute approximate surface area is 198 Å². The van der Waals surface area contributed by atoms with Gasteiger partial charge in [0.05, 0.1) is 19.4 Å². The summed E-state index contributed by atoms with van der Waals surface area (Å²) in [5.74, 6) is 0.262. The molecule has 4 rings (SSSR count). The number of aromatic nitrogens is 1. The van der Waals surface area contributed by atoms with E-state index < -0.39 is 11.8 Å². The van der Waals surface area contributed by atoms with Crippen molar-refractivity contribution in [3.05, 3.63) is 78.5 Å². The number of furan rings is 1. The SMILES string of the molecule is COc1ccc(N2CCN([C@@H](CNC(=O)C(=O)NCc3ccncc3)c3ccco3)CC2)cc1. The lowest BCUT2D eigenvalue weighted by atomic mass is 10.1. The topological polar surface area (TPSA) is 99.9 Å². The van der Waals surface area contributed by atoms with Gasteiger partial charge in [0.1, 0.15) is 11.5 Å². The third-order valence-electron chi connectivity index (χ3n) is 5.93. The molecule has 34 heavy (non-hydrogen) atoms. The van der Waals surface area contributed by atoms with Crippen molar-refractivity contribution in [2.75, 3.05) is 44.7 Å². The molecule has 1 aliphatic heterocycles. The molecule has 0 saturated carbocycles. The average molecular weight is 464 g/mol. The minimum Gasteiger partial charge on any atom is -0.497 e. The predicted octanol–water partition coefficient (Wildman–Crippen LogP) is 1.98. The molecule has 9 nitrogen and oxygen atoms in total. The molecule has 1 saturated heterocycles. The first-order valence-corrected chi connectivity index (χ1v) is 11.3. The fourth-order valence-electron chi connectivity index (χ4n) is 4.01. The van der Waals surface area contributed by atoms with E-state index in [9.17, 15) is 9.59 Å². The van der Waals surface area contributed by atoms with E-state index in [1.165, 1.54) is 0 Å². The standard InChI is InChI=1S/C25H29N5O4/c1-33-21-6-4-20(5-7-21)29-12-14-30(15-13-29)22(23-3-2-16-34-23)18-28-25(32)24(31)27-17-19-8-10-26-11-9-19/h2-11,16,22H,12-15,17-18H2,1H3,(H,27,31)(H,28,32)/t22-/m0/s1. The van der Waals surface area contributed by atoms with E-state index in [-0.39, 0.29) is 19.1 Å². The molecular formula is C25H29N5O4. The zero-order chi connectivity index (χ0) is 23.8. The van der Waals surface area contributed by atoms with Gasteiger partial charge in [-0.15, -0.1) is 0 Å². The number of anilines is 1. The van der Waals surface area contributed by atoms with Crippen LogP contribution < -0.4 is 20.3 Å². The molecule has 3 heterocycles. The zero-order valence-electron chi connectivity index (χ0n) is 19.1. The Morgan fingerprint density at radius 3 is 2.35 bits per heavy atom. The molecule has 0 radical (unpaired) electrons. The van der Waals surface area contributed by atoms with Crippen molar-refractivity contribution in [1.29, 1.82) is 0 Å². The summed E-state index contributed by atoms with van der Waals surface area (Å²) in [6.07, 6.45) is 4.91. The van der Waals surface area contributed by atoms with Crippen LogP contribution in [0, 0.1) is 0 Å². The van der Waals surface area contributed by atoms with E-state index in [4.69, 9.17) is 9.15 Å². The highest BCUT2D eigenvalue weighted by Crippen LogP contribution is 2.25. The lowest BCUT2D eigenvalue weighted by Crippen LogP contribution is -2.50. The van der Waals surface area contributed by atoms with Gasteiger partial charge in [0.25, 0.3) is 0 Å². The Bertz CT molecular complexity index is 1050. The number of methoxy groups -OCH3 is 1.